The standard InChI is InChI=1S/C48H74N6O11/c1-12-31(4)42(51(8)45(60)41(30(2)3)50-47(63)48(6,7)52(9)37(55)23-17-14-18-26-54-38(56)24-25-39(54)57)36(64-10)29-40(58)53-27-19-22-35(53)43(65-11)32(5)44(59)49-34(46(61)62)28-33-20-15-13-16-21-33/h13,15-16,20-21,24-25,30-32,34-36,41-43H,12,14,17-19,22-23,26-29H2,1-11H3,(H,49,59)(H,50,63)(H,61,62). The van der Waals surface area contributed by atoms with Gasteiger partial charge in [0.05, 0.1) is 36.6 Å². The summed E-state index contributed by atoms with van der Waals surface area (Å²) in [5.41, 5.74) is -0.566. The number of ether oxygens (including phenoxy) is 2. The van der Waals surface area contributed by atoms with E-state index < -0.39 is 65.6 Å². The Morgan fingerprint density at radius 1 is 0.908 bits per heavy atom. The van der Waals surface area contributed by atoms with Crippen molar-refractivity contribution in [3.63, 3.8) is 0 Å². The largest absolute Gasteiger partial charge is 0.480 e. The Balaban J connectivity index is 1.69. The van der Waals surface area contributed by atoms with E-state index in [1.165, 1.54) is 31.3 Å². The first kappa shape index (κ1) is 54.2. The summed E-state index contributed by atoms with van der Waals surface area (Å²) >= 11 is 0. The number of carboxylic acid groups (broad SMARTS) is 1. The Morgan fingerprint density at radius 3 is 2.09 bits per heavy atom. The lowest BCUT2D eigenvalue weighted by Gasteiger charge is -2.41. The smallest absolute Gasteiger partial charge is 0.326 e. The normalized spacial score (nSPS) is 18.4. The lowest BCUT2D eigenvalue weighted by atomic mass is 9.89. The van der Waals surface area contributed by atoms with Gasteiger partial charge in [-0.15, -0.1) is 0 Å². The molecule has 8 atom stereocenters. The van der Waals surface area contributed by atoms with Crippen molar-refractivity contribution >= 4 is 47.3 Å². The van der Waals surface area contributed by atoms with E-state index >= 15 is 0 Å². The number of benzene rings is 1. The number of amides is 7. The number of likely N-dealkylation sites (tertiary alicyclic amines) is 1. The summed E-state index contributed by atoms with van der Waals surface area (Å²) in [5.74, 6) is -5.06. The van der Waals surface area contributed by atoms with Crippen molar-refractivity contribution in [2.24, 2.45) is 17.8 Å². The van der Waals surface area contributed by atoms with Gasteiger partial charge in [-0.25, -0.2) is 4.79 Å². The monoisotopic (exact) mass is 911 g/mol. The molecule has 1 fully saturated rings. The van der Waals surface area contributed by atoms with E-state index in [1.54, 1.807) is 68.9 Å². The van der Waals surface area contributed by atoms with E-state index in [4.69, 9.17) is 9.47 Å². The van der Waals surface area contributed by atoms with Gasteiger partial charge in [0, 0.05) is 66.4 Å². The second kappa shape index (κ2) is 24.9. The number of nitrogens with one attached hydrogen (secondary N) is 2. The number of carbonyl (C=O) groups is 8. The lowest BCUT2D eigenvalue weighted by Crippen LogP contribution is -2.62. The van der Waals surface area contributed by atoms with Crippen molar-refractivity contribution in [2.45, 2.75) is 148 Å². The van der Waals surface area contributed by atoms with Crippen LogP contribution in [-0.4, -0.2) is 155 Å². The number of imide groups is 1. The van der Waals surface area contributed by atoms with Crippen LogP contribution in [0.25, 0.3) is 0 Å². The van der Waals surface area contributed by atoms with Crippen LogP contribution < -0.4 is 10.6 Å². The highest BCUT2D eigenvalue weighted by molar-refractivity contribution is 6.12. The molecule has 0 bridgehead atoms. The minimum Gasteiger partial charge on any atom is -0.480 e. The van der Waals surface area contributed by atoms with Crippen LogP contribution in [0.5, 0.6) is 0 Å². The number of unbranched alkanes of at least 4 members (excludes halogenated alkanes) is 2. The zero-order chi connectivity index (χ0) is 48.8. The van der Waals surface area contributed by atoms with E-state index in [0.717, 1.165) is 10.5 Å². The van der Waals surface area contributed by atoms with Crippen molar-refractivity contribution in [1.82, 2.24) is 30.2 Å². The number of nitrogens with zero attached hydrogens (tertiary/aromatic N) is 4. The van der Waals surface area contributed by atoms with E-state index in [1.807, 2.05) is 33.8 Å². The molecule has 2 aliphatic heterocycles. The Kier molecular flexibility index (Phi) is 20.8. The summed E-state index contributed by atoms with van der Waals surface area (Å²) in [7, 11) is 6.16. The number of likely N-dealkylation sites (N-methyl/N-ethyl adjacent to an activating group) is 2. The lowest BCUT2D eigenvalue weighted by molar-refractivity contribution is -0.150. The van der Waals surface area contributed by atoms with Gasteiger partial charge in [0.1, 0.15) is 17.6 Å². The summed E-state index contributed by atoms with van der Waals surface area (Å²) in [6.45, 7) is 13.2. The topological polar surface area (TPSA) is 212 Å². The fourth-order valence-electron chi connectivity index (χ4n) is 8.72. The van der Waals surface area contributed by atoms with Crippen LogP contribution in [0.2, 0.25) is 0 Å². The zero-order valence-corrected chi connectivity index (χ0v) is 40.3. The number of carbonyl (C=O) groups excluding carboxylic acids is 7. The molecule has 1 aromatic carbocycles. The first-order chi connectivity index (χ1) is 30.6. The first-order valence-corrected chi connectivity index (χ1v) is 22.9. The van der Waals surface area contributed by atoms with Gasteiger partial charge in [0.15, 0.2) is 0 Å². The van der Waals surface area contributed by atoms with Gasteiger partial charge in [0.25, 0.3) is 11.8 Å². The third-order valence-corrected chi connectivity index (χ3v) is 13.3. The number of hydrogen-bond acceptors (Lipinski definition) is 10. The predicted molar refractivity (Wildman–Crippen MR) is 244 cm³/mol. The summed E-state index contributed by atoms with van der Waals surface area (Å²) < 4.78 is 11.9. The van der Waals surface area contributed by atoms with Crippen molar-refractivity contribution < 1.29 is 52.9 Å². The average molecular weight is 911 g/mol. The van der Waals surface area contributed by atoms with Gasteiger partial charge in [0.2, 0.25) is 29.5 Å². The molecule has 362 valence electrons. The van der Waals surface area contributed by atoms with E-state index in [0.29, 0.717) is 45.1 Å². The molecular formula is C48H74N6O11. The zero-order valence-electron chi connectivity index (χ0n) is 40.3. The Labute approximate surface area is 385 Å². The van der Waals surface area contributed by atoms with Gasteiger partial charge >= 0.3 is 5.97 Å². The maximum atomic E-state index is 14.5. The number of methoxy groups -OCH3 is 2. The second-order valence-electron chi connectivity index (χ2n) is 18.4. The first-order valence-electron chi connectivity index (χ1n) is 22.9. The van der Waals surface area contributed by atoms with Crippen molar-refractivity contribution in [1.29, 1.82) is 0 Å². The molecule has 0 saturated carbocycles. The quantitative estimate of drug-likeness (QED) is 0.0904. The van der Waals surface area contributed by atoms with Gasteiger partial charge in [-0.1, -0.05) is 77.8 Å². The highest BCUT2D eigenvalue weighted by atomic mass is 16.5. The molecule has 17 heteroatoms. The minimum absolute atomic E-state index is 0.0842. The van der Waals surface area contributed by atoms with Crippen LogP contribution in [0.1, 0.15) is 105 Å². The van der Waals surface area contributed by atoms with Crippen molar-refractivity contribution in [3.05, 3.63) is 48.0 Å². The molecule has 3 rings (SSSR count). The molecular weight excluding hydrogens is 837 g/mol. The molecule has 2 aliphatic rings. The predicted octanol–water partition coefficient (Wildman–Crippen LogP) is 3.58. The third-order valence-electron chi connectivity index (χ3n) is 13.3. The van der Waals surface area contributed by atoms with Crippen LogP contribution >= 0.6 is 0 Å². The maximum Gasteiger partial charge on any atom is 0.326 e. The summed E-state index contributed by atoms with van der Waals surface area (Å²) in [4.78, 5) is 111. The molecule has 65 heavy (non-hydrogen) atoms. The van der Waals surface area contributed by atoms with E-state index in [2.05, 4.69) is 10.6 Å². The van der Waals surface area contributed by atoms with Crippen LogP contribution in [0.3, 0.4) is 0 Å². The molecule has 0 aromatic heterocycles. The van der Waals surface area contributed by atoms with Crippen LogP contribution in [0.15, 0.2) is 42.5 Å². The minimum atomic E-state index is -1.33. The summed E-state index contributed by atoms with van der Waals surface area (Å²) in [6, 6.07) is 5.82. The molecule has 0 spiro atoms. The Morgan fingerprint density at radius 2 is 1.54 bits per heavy atom. The number of rotatable bonds is 26. The summed E-state index contributed by atoms with van der Waals surface area (Å²) in [6.07, 6.45) is 4.67. The third kappa shape index (κ3) is 14.2. The molecule has 7 amide bonds. The highest BCUT2D eigenvalue weighted by Crippen LogP contribution is 2.30. The maximum absolute atomic E-state index is 14.5. The van der Waals surface area contributed by atoms with Gasteiger partial charge < -0.3 is 39.9 Å². The highest BCUT2D eigenvalue weighted by Gasteiger charge is 2.44. The molecule has 0 aliphatic carbocycles. The molecule has 17 nitrogen and oxygen atoms in total. The van der Waals surface area contributed by atoms with Crippen LogP contribution in [0, 0.1) is 17.8 Å². The Bertz CT molecular complexity index is 1840. The number of carboxylic acids is 1. The van der Waals surface area contributed by atoms with Crippen LogP contribution in [0.4, 0.5) is 0 Å². The fraction of sp³-hybridized carbons (Fsp3) is 0.667. The van der Waals surface area contributed by atoms with E-state index in [-0.39, 0.29) is 67.2 Å². The molecule has 2 heterocycles. The molecule has 0 radical (unpaired) electrons. The SMILES string of the molecule is CCC(C)C(C(CC(=O)N1CCCC1C(OC)C(C)C(=O)NC(Cc1ccccc1)C(=O)O)OC)N(C)C(=O)C(NC(=O)C(C)(C)N(C)C(=O)CCCCCN1C(=O)C=CC1=O)C(C)C. The Hall–Kier alpha value is -5.16. The fourth-order valence-corrected chi connectivity index (χ4v) is 8.72. The molecule has 1 saturated heterocycles. The van der Waals surface area contributed by atoms with Gasteiger partial charge in [-0.2, -0.15) is 0 Å². The molecule has 8 unspecified atom stereocenters. The number of hydrogen-bond donors (Lipinski definition) is 3. The average Bonchev–Trinajstić information content (AvgIpc) is 3.89. The number of aliphatic carboxylic acids is 1. The van der Waals surface area contributed by atoms with Gasteiger partial charge in [-0.3, -0.25) is 38.5 Å². The second-order valence-corrected chi connectivity index (χ2v) is 18.4. The summed E-state index contributed by atoms with van der Waals surface area (Å²) in [5, 5.41) is 15.5. The van der Waals surface area contributed by atoms with Crippen LogP contribution in [-0.2, 0) is 54.3 Å². The molecule has 1 aromatic rings. The van der Waals surface area contributed by atoms with E-state index in [9.17, 15) is 43.5 Å². The van der Waals surface area contributed by atoms with Crippen molar-refractivity contribution in [2.75, 3.05) is 41.4 Å². The molecule has 3 N–H and O–H groups in total. The van der Waals surface area contributed by atoms with Gasteiger partial charge in [-0.05, 0) is 56.9 Å². The van der Waals surface area contributed by atoms with Crippen molar-refractivity contribution in [3.8, 4) is 0 Å².